The van der Waals surface area contributed by atoms with Crippen LogP contribution in [0.15, 0.2) is 18.2 Å². The lowest BCUT2D eigenvalue weighted by atomic mass is 10.1. The number of methoxy groups -OCH3 is 1. The Bertz CT molecular complexity index is 400. The van der Waals surface area contributed by atoms with E-state index in [1.807, 2.05) is 0 Å². The maximum atomic E-state index is 11.8. The first-order valence-electron chi connectivity index (χ1n) is 6.22. The Labute approximate surface area is 108 Å². The zero-order valence-corrected chi connectivity index (χ0v) is 11.2. The standard InChI is InChI=1S/C14H21NO3/c1-4-10(5-2)9-18-14(16)11-6-7-13(17-3)12(15)8-11/h6-8,10H,4-5,9,15H2,1-3H3. The van der Waals surface area contributed by atoms with E-state index < -0.39 is 0 Å². The first-order chi connectivity index (χ1) is 8.62. The molecule has 0 saturated carbocycles. The third-order valence-electron chi connectivity index (χ3n) is 3.07. The Balaban J connectivity index is 2.64. The van der Waals surface area contributed by atoms with Crippen LogP contribution in [0.25, 0.3) is 0 Å². The van der Waals surface area contributed by atoms with Crippen LogP contribution in [0, 0.1) is 5.92 Å². The lowest BCUT2D eigenvalue weighted by Gasteiger charge is -2.13. The van der Waals surface area contributed by atoms with Crippen molar-refractivity contribution in [1.29, 1.82) is 0 Å². The minimum atomic E-state index is -0.337. The number of ether oxygens (including phenoxy) is 2. The Morgan fingerprint density at radius 3 is 2.50 bits per heavy atom. The van der Waals surface area contributed by atoms with E-state index in [0.29, 0.717) is 29.5 Å². The van der Waals surface area contributed by atoms with Crippen LogP contribution in [0.5, 0.6) is 5.75 Å². The molecule has 0 radical (unpaired) electrons. The molecule has 18 heavy (non-hydrogen) atoms. The number of anilines is 1. The van der Waals surface area contributed by atoms with E-state index in [-0.39, 0.29) is 5.97 Å². The molecule has 0 bridgehead atoms. The summed E-state index contributed by atoms with van der Waals surface area (Å²) < 4.78 is 10.3. The highest BCUT2D eigenvalue weighted by molar-refractivity contribution is 5.91. The Hall–Kier alpha value is -1.71. The van der Waals surface area contributed by atoms with E-state index >= 15 is 0 Å². The van der Waals surface area contributed by atoms with Crippen molar-refractivity contribution in [1.82, 2.24) is 0 Å². The van der Waals surface area contributed by atoms with Gasteiger partial charge in [-0.1, -0.05) is 26.7 Å². The van der Waals surface area contributed by atoms with E-state index in [2.05, 4.69) is 13.8 Å². The smallest absolute Gasteiger partial charge is 0.338 e. The molecule has 0 spiro atoms. The van der Waals surface area contributed by atoms with Crippen LogP contribution < -0.4 is 10.5 Å². The van der Waals surface area contributed by atoms with Gasteiger partial charge in [0.25, 0.3) is 0 Å². The lowest BCUT2D eigenvalue weighted by molar-refractivity contribution is 0.0433. The van der Waals surface area contributed by atoms with Crippen molar-refractivity contribution in [3.8, 4) is 5.75 Å². The summed E-state index contributed by atoms with van der Waals surface area (Å²) in [5.41, 5.74) is 6.64. The minimum Gasteiger partial charge on any atom is -0.495 e. The van der Waals surface area contributed by atoms with Gasteiger partial charge < -0.3 is 15.2 Å². The van der Waals surface area contributed by atoms with Gasteiger partial charge in [0, 0.05) is 0 Å². The summed E-state index contributed by atoms with van der Waals surface area (Å²) >= 11 is 0. The van der Waals surface area contributed by atoms with Crippen molar-refractivity contribution >= 4 is 11.7 Å². The zero-order valence-electron chi connectivity index (χ0n) is 11.2. The molecule has 1 aromatic rings. The number of nitrogens with two attached hydrogens (primary N) is 1. The number of hydrogen-bond donors (Lipinski definition) is 1. The largest absolute Gasteiger partial charge is 0.495 e. The summed E-state index contributed by atoms with van der Waals surface area (Å²) in [4.78, 5) is 11.8. The molecule has 4 nitrogen and oxygen atoms in total. The third-order valence-corrected chi connectivity index (χ3v) is 3.07. The first kappa shape index (κ1) is 14.4. The molecule has 0 atom stereocenters. The number of esters is 1. The summed E-state index contributed by atoms with van der Waals surface area (Å²) in [6.07, 6.45) is 2.02. The fourth-order valence-corrected chi connectivity index (χ4v) is 1.66. The minimum absolute atomic E-state index is 0.337. The summed E-state index contributed by atoms with van der Waals surface area (Å²) in [7, 11) is 1.54. The monoisotopic (exact) mass is 251 g/mol. The highest BCUT2D eigenvalue weighted by atomic mass is 16.5. The number of hydrogen-bond acceptors (Lipinski definition) is 4. The number of rotatable bonds is 6. The molecule has 0 unspecified atom stereocenters. The van der Waals surface area contributed by atoms with Gasteiger partial charge in [-0.3, -0.25) is 0 Å². The Morgan fingerprint density at radius 2 is 2.00 bits per heavy atom. The first-order valence-corrected chi connectivity index (χ1v) is 6.22. The van der Waals surface area contributed by atoms with Crippen molar-refractivity contribution in [2.24, 2.45) is 5.92 Å². The highest BCUT2D eigenvalue weighted by Gasteiger charge is 2.12. The molecule has 1 aromatic carbocycles. The summed E-state index contributed by atoms with van der Waals surface area (Å²) in [5, 5.41) is 0. The SMILES string of the molecule is CCC(CC)COC(=O)c1ccc(OC)c(N)c1. The molecular weight excluding hydrogens is 230 g/mol. The number of carbonyl (C=O) groups is 1. The second-order valence-electron chi connectivity index (χ2n) is 4.24. The van der Waals surface area contributed by atoms with Crippen LogP contribution in [-0.2, 0) is 4.74 Å². The van der Waals surface area contributed by atoms with Gasteiger partial charge in [-0.25, -0.2) is 4.79 Å². The van der Waals surface area contributed by atoms with Crippen LogP contribution >= 0.6 is 0 Å². The molecule has 0 aliphatic rings. The van der Waals surface area contributed by atoms with Crippen LogP contribution in [0.2, 0.25) is 0 Å². The lowest BCUT2D eigenvalue weighted by Crippen LogP contribution is -2.13. The Kier molecular flexibility index (Phi) is 5.49. The zero-order chi connectivity index (χ0) is 13.5. The van der Waals surface area contributed by atoms with Crippen molar-refractivity contribution < 1.29 is 14.3 Å². The predicted molar refractivity (Wildman–Crippen MR) is 71.8 cm³/mol. The van der Waals surface area contributed by atoms with E-state index in [9.17, 15) is 4.79 Å². The van der Waals surface area contributed by atoms with E-state index in [1.165, 1.54) is 7.11 Å². The molecule has 0 saturated heterocycles. The second kappa shape index (κ2) is 6.89. The van der Waals surface area contributed by atoms with Gasteiger partial charge in [0.05, 0.1) is 25.0 Å². The quantitative estimate of drug-likeness (QED) is 0.623. The molecule has 0 aliphatic heterocycles. The maximum absolute atomic E-state index is 11.8. The van der Waals surface area contributed by atoms with Gasteiger partial charge in [0.1, 0.15) is 5.75 Å². The summed E-state index contributed by atoms with van der Waals surface area (Å²) in [5.74, 6) is 0.646. The van der Waals surface area contributed by atoms with Crippen LogP contribution in [0.3, 0.4) is 0 Å². The fourth-order valence-electron chi connectivity index (χ4n) is 1.66. The van der Waals surface area contributed by atoms with Crippen LogP contribution in [-0.4, -0.2) is 19.7 Å². The topological polar surface area (TPSA) is 61.5 Å². The second-order valence-corrected chi connectivity index (χ2v) is 4.24. The van der Waals surface area contributed by atoms with E-state index in [1.54, 1.807) is 18.2 Å². The molecule has 0 amide bonds. The summed E-state index contributed by atoms with van der Waals surface area (Å²) in [6, 6.07) is 4.90. The van der Waals surface area contributed by atoms with E-state index in [4.69, 9.17) is 15.2 Å². The number of carbonyl (C=O) groups excluding carboxylic acids is 1. The predicted octanol–water partition coefficient (Wildman–Crippen LogP) is 2.87. The highest BCUT2D eigenvalue weighted by Crippen LogP contribution is 2.22. The molecule has 0 aliphatic carbocycles. The summed E-state index contributed by atoms with van der Waals surface area (Å²) in [6.45, 7) is 4.64. The molecule has 4 heteroatoms. The molecule has 0 heterocycles. The van der Waals surface area contributed by atoms with Gasteiger partial charge in [0.15, 0.2) is 0 Å². The normalized spacial score (nSPS) is 10.4. The third kappa shape index (κ3) is 3.65. The number of nitrogen functional groups attached to an aromatic ring is 1. The Morgan fingerprint density at radius 1 is 1.33 bits per heavy atom. The molecule has 1 rings (SSSR count). The van der Waals surface area contributed by atoms with Gasteiger partial charge >= 0.3 is 5.97 Å². The van der Waals surface area contributed by atoms with E-state index in [0.717, 1.165) is 12.8 Å². The van der Waals surface area contributed by atoms with Crippen molar-refractivity contribution in [2.45, 2.75) is 26.7 Å². The van der Waals surface area contributed by atoms with Crippen molar-refractivity contribution in [2.75, 3.05) is 19.5 Å². The van der Waals surface area contributed by atoms with Gasteiger partial charge in [-0.2, -0.15) is 0 Å². The maximum Gasteiger partial charge on any atom is 0.338 e. The van der Waals surface area contributed by atoms with Gasteiger partial charge in [0.2, 0.25) is 0 Å². The number of benzene rings is 1. The molecule has 2 N–H and O–H groups in total. The molecular formula is C14H21NO3. The average Bonchev–Trinajstić information content (AvgIpc) is 2.39. The van der Waals surface area contributed by atoms with Crippen LogP contribution in [0.1, 0.15) is 37.0 Å². The van der Waals surface area contributed by atoms with Crippen molar-refractivity contribution in [3.05, 3.63) is 23.8 Å². The molecule has 0 aromatic heterocycles. The van der Waals surface area contributed by atoms with Gasteiger partial charge in [-0.05, 0) is 24.1 Å². The van der Waals surface area contributed by atoms with Crippen LogP contribution in [0.4, 0.5) is 5.69 Å². The van der Waals surface area contributed by atoms with Gasteiger partial charge in [-0.15, -0.1) is 0 Å². The molecule has 0 fully saturated rings. The van der Waals surface area contributed by atoms with Crippen molar-refractivity contribution in [3.63, 3.8) is 0 Å². The fraction of sp³-hybridized carbons (Fsp3) is 0.500. The molecule has 100 valence electrons. The average molecular weight is 251 g/mol.